The van der Waals surface area contributed by atoms with Crippen LogP contribution in [0.15, 0.2) is 72.8 Å². The van der Waals surface area contributed by atoms with Crippen LogP contribution in [0.25, 0.3) is 11.1 Å². The van der Waals surface area contributed by atoms with E-state index in [0.29, 0.717) is 18.1 Å². The van der Waals surface area contributed by atoms with E-state index in [1.165, 1.54) is 22.3 Å². The minimum absolute atomic E-state index is 0.00522. The van der Waals surface area contributed by atoms with Crippen molar-refractivity contribution in [2.45, 2.75) is 64.7 Å². The van der Waals surface area contributed by atoms with Crippen molar-refractivity contribution in [3.63, 3.8) is 0 Å². The van der Waals surface area contributed by atoms with E-state index >= 15 is 0 Å². The summed E-state index contributed by atoms with van der Waals surface area (Å²) < 4.78 is 34.0. The number of aryl methyl sites for hydroxylation is 2. The molecule has 0 heterocycles. The number of benzene rings is 3. The SMILES string of the molecule is CCOc1ccc(C2CCC(C=CCCc3ccc(-c4ccc(CC)cc4)cc3)CC2)c(F)c1F. The number of rotatable bonds is 9. The van der Waals surface area contributed by atoms with E-state index in [1.54, 1.807) is 19.1 Å². The molecule has 1 aliphatic rings. The molecule has 1 nitrogen and oxygen atoms in total. The molecule has 0 aliphatic heterocycles. The van der Waals surface area contributed by atoms with Gasteiger partial charge in [-0.15, -0.1) is 0 Å². The van der Waals surface area contributed by atoms with Crippen LogP contribution in [-0.4, -0.2) is 6.61 Å². The number of halogens is 2. The van der Waals surface area contributed by atoms with E-state index in [0.717, 1.165) is 44.9 Å². The third-order valence-corrected chi connectivity index (χ3v) is 7.25. The van der Waals surface area contributed by atoms with Crippen molar-refractivity contribution in [2.75, 3.05) is 6.61 Å². The number of hydrogen-bond donors (Lipinski definition) is 0. The van der Waals surface area contributed by atoms with Gasteiger partial charge in [0.05, 0.1) is 6.61 Å². The van der Waals surface area contributed by atoms with Gasteiger partial charge in [-0.3, -0.25) is 0 Å². The van der Waals surface area contributed by atoms with Crippen molar-refractivity contribution in [2.24, 2.45) is 5.92 Å². The summed E-state index contributed by atoms with van der Waals surface area (Å²) in [5.74, 6) is -0.977. The fourth-order valence-electron chi connectivity index (χ4n) is 5.09. The minimum Gasteiger partial charge on any atom is -0.491 e. The molecule has 35 heavy (non-hydrogen) atoms. The first kappa shape index (κ1) is 25.2. The Morgan fingerprint density at radius 1 is 0.771 bits per heavy atom. The number of ether oxygens (including phenoxy) is 1. The first-order valence-corrected chi connectivity index (χ1v) is 13.0. The van der Waals surface area contributed by atoms with Gasteiger partial charge in [0.1, 0.15) is 0 Å². The van der Waals surface area contributed by atoms with Gasteiger partial charge in [0.2, 0.25) is 5.82 Å². The summed E-state index contributed by atoms with van der Waals surface area (Å²) in [7, 11) is 0. The highest BCUT2D eigenvalue weighted by Gasteiger charge is 2.25. The maximum Gasteiger partial charge on any atom is 0.200 e. The summed E-state index contributed by atoms with van der Waals surface area (Å²) in [6, 6.07) is 21.0. The van der Waals surface area contributed by atoms with Crippen molar-refractivity contribution in [1.82, 2.24) is 0 Å². The van der Waals surface area contributed by atoms with Gasteiger partial charge < -0.3 is 4.74 Å². The normalized spacial score (nSPS) is 18.2. The Bertz CT molecular complexity index is 1110. The molecule has 1 aliphatic carbocycles. The van der Waals surface area contributed by atoms with Crippen LogP contribution in [0, 0.1) is 17.6 Å². The van der Waals surface area contributed by atoms with Crippen LogP contribution in [-0.2, 0) is 12.8 Å². The Morgan fingerprint density at radius 2 is 1.40 bits per heavy atom. The lowest BCUT2D eigenvalue weighted by Crippen LogP contribution is -2.14. The van der Waals surface area contributed by atoms with Gasteiger partial charge >= 0.3 is 0 Å². The Hall–Kier alpha value is -2.94. The van der Waals surface area contributed by atoms with E-state index in [2.05, 4.69) is 67.6 Å². The molecule has 3 heteroatoms. The summed E-state index contributed by atoms with van der Waals surface area (Å²) in [5.41, 5.74) is 5.73. The lowest BCUT2D eigenvalue weighted by Gasteiger charge is -2.27. The first-order valence-electron chi connectivity index (χ1n) is 13.0. The van der Waals surface area contributed by atoms with Crippen molar-refractivity contribution < 1.29 is 13.5 Å². The third kappa shape index (κ3) is 6.39. The van der Waals surface area contributed by atoms with Gasteiger partial charge in [-0.05, 0) is 97.6 Å². The van der Waals surface area contributed by atoms with Crippen LogP contribution >= 0.6 is 0 Å². The van der Waals surface area contributed by atoms with Crippen molar-refractivity contribution in [3.8, 4) is 16.9 Å². The van der Waals surface area contributed by atoms with Gasteiger partial charge in [0.25, 0.3) is 0 Å². The van der Waals surface area contributed by atoms with Gasteiger partial charge in [0, 0.05) is 0 Å². The first-order chi connectivity index (χ1) is 17.1. The molecule has 1 fully saturated rings. The van der Waals surface area contributed by atoms with E-state index < -0.39 is 11.6 Å². The zero-order valence-electron chi connectivity index (χ0n) is 20.9. The summed E-state index contributed by atoms with van der Waals surface area (Å²) in [5, 5.41) is 0. The van der Waals surface area contributed by atoms with Crippen LogP contribution in [0.1, 0.15) is 68.6 Å². The van der Waals surface area contributed by atoms with Gasteiger partial charge in [-0.1, -0.05) is 73.7 Å². The van der Waals surface area contributed by atoms with Crippen molar-refractivity contribution >= 4 is 0 Å². The quantitative estimate of drug-likeness (QED) is 0.281. The van der Waals surface area contributed by atoms with E-state index in [4.69, 9.17) is 4.74 Å². The van der Waals surface area contributed by atoms with Crippen LogP contribution in [0.3, 0.4) is 0 Å². The molecule has 0 amide bonds. The molecule has 0 radical (unpaired) electrons. The summed E-state index contributed by atoms with van der Waals surface area (Å²) in [4.78, 5) is 0. The minimum atomic E-state index is -0.853. The average Bonchev–Trinajstić information content (AvgIpc) is 2.90. The highest BCUT2D eigenvalue weighted by atomic mass is 19.2. The van der Waals surface area contributed by atoms with Gasteiger partial charge in [0.15, 0.2) is 11.6 Å². The lowest BCUT2D eigenvalue weighted by molar-refractivity contribution is 0.310. The Labute approximate surface area is 208 Å². The maximum absolute atomic E-state index is 14.6. The largest absolute Gasteiger partial charge is 0.491 e. The van der Waals surface area contributed by atoms with E-state index in [-0.39, 0.29) is 11.7 Å². The molecule has 0 atom stereocenters. The molecule has 3 aromatic carbocycles. The zero-order valence-corrected chi connectivity index (χ0v) is 20.9. The molecule has 0 N–H and O–H groups in total. The predicted molar refractivity (Wildman–Crippen MR) is 141 cm³/mol. The van der Waals surface area contributed by atoms with Crippen LogP contribution in [0.4, 0.5) is 8.78 Å². The smallest absolute Gasteiger partial charge is 0.200 e. The molecule has 0 unspecified atom stereocenters. The van der Waals surface area contributed by atoms with Crippen LogP contribution in [0.2, 0.25) is 0 Å². The van der Waals surface area contributed by atoms with Crippen molar-refractivity contribution in [1.29, 1.82) is 0 Å². The lowest BCUT2D eigenvalue weighted by atomic mass is 9.78. The Kier molecular flexibility index (Phi) is 8.74. The number of allylic oxidation sites excluding steroid dienone is 2. The highest BCUT2D eigenvalue weighted by Crippen LogP contribution is 2.39. The maximum atomic E-state index is 14.6. The van der Waals surface area contributed by atoms with Crippen molar-refractivity contribution in [3.05, 3.63) is 101 Å². The second-order valence-corrected chi connectivity index (χ2v) is 9.54. The third-order valence-electron chi connectivity index (χ3n) is 7.25. The molecule has 184 valence electrons. The van der Waals surface area contributed by atoms with Gasteiger partial charge in [-0.2, -0.15) is 4.39 Å². The molecule has 0 spiro atoms. The summed E-state index contributed by atoms with van der Waals surface area (Å²) >= 11 is 0. The summed E-state index contributed by atoms with van der Waals surface area (Å²) in [6.45, 7) is 4.27. The molecular weight excluding hydrogens is 438 g/mol. The number of hydrogen-bond acceptors (Lipinski definition) is 1. The molecule has 0 bridgehead atoms. The Morgan fingerprint density at radius 3 is 2.00 bits per heavy atom. The molecule has 0 aromatic heterocycles. The monoisotopic (exact) mass is 474 g/mol. The predicted octanol–water partition coefficient (Wildman–Crippen LogP) is 9.06. The second-order valence-electron chi connectivity index (χ2n) is 9.54. The molecular formula is C32H36F2O. The fourth-order valence-corrected chi connectivity index (χ4v) is 5.09. The highest BCUT2D eigenvalue weighted by molar-refractivity contribution is 5.64. The summed E-state index contributed by atoms with van der Waals surface area (Å²) in [6.07, 6.45) is 11.5. The van der Waals surface area contributed by atoms with E-state index in [1.807, 2.05) is 0 Å². The van der Waals surface area contributed by atoms with E-state index in [9.17, 15) is 8.78 Å². The zero-order chi connectivity index (χ0) is 24.6. The van der Waals surface area contributed by atoms with Gasteiger partial charge in [-0.25, -0.2) is 4.39 Å². The topological polar surface area (TPSA) is 9.23 Å². The average molecular weight is 475 g/mol. The Balaban J connectivity index is 1.24. The van der Waals surface area contributed by atoms with Crippen LogP contribution in [0.5, 0.6) is 5.75 Å². The molecule has 4 rings (SSSR count). The second kappa shape index (κ2) is 12.2. The molecule has 0 saturated heterocycles. The van der Waals surface area contributed by atoms with Crippen LogP contribution < -0.4 is 4.74 Å². The molecule has 1 saturated carbocycles. The fraction of sp³-hybridized carbons (Fsp3) is 0.375. The molecule has 3 aromatic rings. The standard InChI is InChI=1S/C32H36F2O/c1-3-23-9-15-26(16-10-23)27-17-11-24(12-18-27)7-5-6-8-25-13-19-28(20-14-25)29-21-22-30(35-4-2)32(34)31(29)33/h6,8-12,15-18,21-22,25,28H,3-5,7,13-14,19-20H2,1-2H3.